The van der Waals surface area contributed by atoms with E-state index in [2.05, 4.69) is 11.5 Å². The number of fused-ring (bicyclic) bond motifs is 3. The maximum absolute atomic E-state index is 11.9. The minimum absolute atomic E-state index is 0.243. The molecular weight excluding hydrogens is 354 g/mol. The van der Waals surface area contributed by atoms with Gasteiger partial charge in [-0.25, -0.2) is 9.59 Å². The molecular formula is C23H23NO4. The van der Waals surface area contributed by atoms with Crippen LogP contribution in [-0.4, -0.2) is 26.7 Å². The zero-order valence-electron chi connectivity index (χ0n) is 15.8. The first kappa shape index (κ1) is 18.3. The number of aryl methyl sites for hydroxylation is 1. The summed E-state index contributed by atoms with van der Waals surface area (Å²) in [5.41, 5.74) is 4.60. The highest BCUT2D eigenvalue weighted by molar-refractivity contribution is 6.04. The molecule has 0 amide bonds. The highest BCUT2D eigenvalue weighted by Gasteiger charge is 2.27. The first-order chi connectivity index (χ1) is 13.5. The molecule has 2 aromatic carbocycles. The molecule has 4 rings (SSSR count). The van der Waals surface area contributed by atoms with E-state index in [1.54, 1.807) is 24.3 Å². The molecule has 144 valence electrons. The van der Waals surface area contributed by atoms with Gasteiger partial charge in [0.25, 0.3) is 0 Å². The van der Waals surface area contributed by atoms with Crippen LogP contribution in [-0.2, 0) is 19.4 Å². The molecule has 0 bridgehead atoms. The summed E-state index contributed by atoms with van der Waals surface area (Å²) in [6, 6.07) is 12.4. The zero-order valence-corrected chi connectivity index (χ0v) is 15.8. The monoisotopic (exact) mass is 377 g/mol. The van der Waals surface area contributed by atoms with Crippen molar-refractivity contribution in [2.75, 3.05) is 0 Å². The minimum atomic E-state index is -0.960. The summed E-state index contributed by atoms with van der Waals surface area (Å²) in [7, 11) is 0. The lowest BCUT2D eigenvalue weighted by atomic mass is 9.85. The van der Waals surface area contributed by atoms with E-state index >= 15 is 0 Å². The molecule has 2 N–H and O–H groups in total. The summed E-state index contributed by atoms with van der Waals surface area (Å²) in [4.78, 5) is 23.2. The van der Waals surface area contributed by atoms with Crippen molar-refractivity contribution >= 4 is 22.8 Å². The second-order valence-electron chi connectivity index (χ2n) is 7.54. The standard InChI is InChI=1S/C23H23NO4/c1-2-14-9-10-17-18-7-4-8-19(23(27)28)21(18)24(20(17)12-14)13-15-5-3-6-16(11-15)22(25)26/h3-8,11,14H,2,9-10,12-13H2,1H3,(H,25,26)(H,27,28). The summed E-state index contributed by atoms with van der Waals surface area (Å²) >= 11 is 0. The Hall–Kier alpha value is -3.08. The van der Waals surface area contributed by atoms with E-state index in [9.17, 15) is 19.8 Å². The van der Waals surface area contributed by atoms with Gasteiger partial charge in [0.15, 0.2) is 0 Å². The van der Waals surface area contributed by atoms with Gasteiger partial charge in [-0.05, 0) is 54.5 Å². The molecule has 1 unspecified atom stereocenters. The number of nitrogens with zero attached hydrogens (tertiary/aromatic N) is 1. The summed E-state index contributed by atoms with van der Waals surface area (Å²) < 4.78 is 2.11. The molecule has 1 aromatic heterocycles. The smallest absolute Gasteiger partial charge is 0.337 e. The fraction of sp³-hybridized carbons (Fsp3) is 0.304. The molecule has 0 spiro atoms. The number of hydrogen-bond donors (Lipinski definition) is 2. The van der Waals surface area contributed by atoms with Crippen molar-refractivity contribution in [3.8, 4) is 0 Å². The van der Waals surface area contributed by atoms with Gasteiger partial charge in [-0.3, -0.25) is 0 Å². The molecule has 28 heavy (non-hydrogen) atoms. The van der Waals surface area contributed by atoms with Crippen LogP contribution in [0.25, 0.3) is 10.9 Å². The Morgan fingerprint density at radius 2 is 1.89 bits per heavy atom. The number of rotatable bonds is 5. The Labute approximate surface area is 163 Å². The van der Waals surface area contributed by atoms with Crippen LogP contribution in [0, 0.1) is 5.92 Å². The first-order valence-electron chi connectivity index (χ1n) is 9.68. The summed E-state index contributed by atoms with van der Waals surface area (Å²) in [6.45, 7) is 2.66. The SMILES string of the molecule is CCC1CCc2c(n(Cc3cccc(C(=O)O)c3)c3c(C(=O)O)cccc23)C1. The number of benzene rings is 2. The number of carboxylic acids is 2. The highest BCUT2D eigenvalue weighted by atomic mass is 16.4. The average Bonchev–Trinajstić information content (AvgIpc) is 3.01. The van der Waals surface area contributed by atoms with Crippen molar-refractivity contribution in [1.29, 1.82) is 0 Å². The fourth-order valence-corrected chi connectivity index (χ4v) is 4.45. The van der Waals surface area contributed by atoms with Crippen molar-refractivity contribution in [2.45, 2.75) is 39.2 Å². The normalized spacial score (nSPS) is 16.1. The lowest BCUT2D eigenvalue weighted by Crippen LogP contribution is -2.17. The molecule has 3 aromatic rings. The van der Waals surface area contributed by atoms with Crippen molar-refractivity contribution in [3.63, 3.8) is 0 Å². The molecule has 1 heterocycles. The van der Waals surface area contributed by atoms with Crippen LogP contribution in [0.15, 0.2) is 42.5 Å². The van der Waals surface area contributed by atoms with Crippen molar-refractivity contribution in [1.82, 2.24) is 4.57 Å². The summed E-state index contributed by atoms with van der Waals surface area (Å²) in [6.07, 6.45) is 4.10. The van der Waals surface area contributed by atoms with Crippen molar-refractivity contribution in [2.24, 2.45) is 5.92 Å². The molecule has 0 saturated heterocycles. The van der Waals surface area contributed by atoms with Gasteiger partial charge in [-0.2, -0.15) is 0 Å². The Balaban J connectivity index is 1.92. The van der Waals surface area contributed by atoms with E-state index in [0.29, 0.717) is 18.0 Å². The van der Waals surface area contributed by atoms with E-state index in [0.717, 1.165) is 42.1 Å². The third-order valence-corrected chi connectivity index (χ3v) is 5.91. The van der Waals surface area contributed by atoms with E-state index < -0.39 is 11.9 Å². The highest BCUT2D eigenvalue weighted by Crippen LogP contribution is 2.37. The number of hydrogen-bond acceptors (Lipinski definition) is 2. The van der Waals surface area contributed by atoms with Gasteiger partial charge < -0.3 is 14.8 Å². The van der Waals surface area contributed by atoms with Crippen LogP contribution in [0.3, 0.4) is 0 Å². The van der Waals surface area contributed by atoms with Gasteiger partial charge >= 0.3 is 11.9 Å². The third kappa shape index (κ3) is 3.07. The third-order valence-electron chi connectivity index (χ3n) is 5.91. The zero-order chi connectivity index (χ0) is 19.8. The second-order valence-corrected chi connectivity index (χ2v) is 7.54. The maximum atomic E-state index is 11.9. The molecule has 5 heteroatoms. The van der Waals surface area contributed by atoms with E-state index in [4.69, 9.17) is 0 Å². The number of carboxylic acid groups (broad SMARTS) is 2. The molecule has 1 aliphatic rings. The van der Waals surface area contributed by atoms with E-state index in [1.807, 2.05) is 18.2 Å². The van der Waals surface area contributed by atoms with Crippen molar-refractivity contribution in [3.05, 3.63) is 70.4 Å². The van der Waals surface area contributed by atoms with Gasteiger partial charge in [0.2, 0.25) is 0 Å². The van der Waals surface area contributed by atoms with Crippen LogP contribution in [0.2, 0.25) is 0 Å². The molecule has 0 fully saturated rings. The Morgan fingerprint density at radius 1 is 1.11 bits per heavy atom. The molecule has 0 aliphatic heterocycles. The van der Waals surface area contributed by atoms with Crippen LogP contribution in [0.5, 0.6) is 0 Å². The minimum Gasteiger partial charge on any atom is -0.478 e. The van der Waals surface area contributed by atoms with Gasteiger partial charge in [-0.15, -0.1) is 0 Å². The first-order valence-corrected chi connectivity index (χ1v) is 9.68. The quantitative estimate of drug-likeness (QED) is 0.681. The van der Waals surface area contributed by atoms with Gasteiger partial charge in [0, 0.05) is 17.6 Å². The Kier molecular flexibility index (Phi) is 4.67. The van der Waals surface area contributed by atoms with Crippen LogP contribution in [0.1, 0.15) is 57.3 Å². The topological polar surface area (TPSA) is 79.5 Å². The molecule has 1 atom stereocenters. The number of aromatic carboxylic acids is 2. The average molecular weight is 377 g/mol. The fourth-order valence-electron chi connectivity index (χ4n) is 4.45. The molecule has 0 saturated carbocycles. The summed E-state index contributed by atoms with van der Waals surface area (Å²) in [5.74, 6) is -1.30. The summed E-state index contributed by atoms with van der Waals surface area (Å²) in [5, 5.41) is 20.1. The van der Waals surface area contributed by atoms with Gasteiger partial charge in [-0.1, -0.05) is 37.6 Å². The largest absolute Gasteiger partial charge is 0.478 e. The number of aromatic nitrogens is 1. The lowest BCUT2D eigenvalue weighted by molar-refractivity contribution is 0.0687. The maximum Gasteiger partial charge on any atom is 0.337 e. The van der Waals surface area contributed by atoms with Crippen LogP contribution < -0.4 is 0 Å². The van der Waals surface area contributed by atoms with Gasteiger partial charge in [0.1, 0.15) is 0 Å². The molecule has 5 nitrogen and oxygen atoms in total. The predicted molar refractivity (Wildman–Crippen MR) is 107 cm³/mol. The molecule has 1 aliphatic carbocycles. The van der Waals surface area contributed by atoms with E-state index in [1.165, 1.54) is 11.3 Å². The van der Waals surface area contributed by atoms with Crippen LogP contribution in [0.4, 0.5) is 0 Å². The van der Waals surface area contributed by atoms with E-state index in [-0.39, 0.29) is 5.56 Å². The predicted octanol–water partition coefficient (Wildman–Crippen LogP) is 4.60. The second kappa shape index (κ2) is 7.15. The van der Waals surface area contributed by atoms with Crippen LogP contribution >= 0.6 is 0 Å². The molecule has 0 radical (unpaired) electrons. The number of carbonyl (C=O) groups is 2. The number of para-hydroxylation sites is 1. The van der Waals surface area contributed by atoms with Crippen molar-refractivity contribution < 1.29 is 19.8 Å². The Bertz CT molecular complexity index is 1080. The van der Waals surface area contributed by atoms with Gasteiger partial charge in [0.05, 0.1) is 16.6 Å². The Morgan fingerprint density at radius 3 is 2.61 bits per heavy atom. The lowest BCUT2D eigenvalue weighted by Gasteiger charge is -2.23.